The maximum absolute atomic E-state index is 11.5. The van der Waals surface area contributed by atoms with Crippen molar-refractivity contribution in [3.05, 3.63) is 32.3 Å². The molecular weight excluding hydrogens is 346 g/mol. The molecule has 5 nitrogen and oxygen atoms in total. The van der Waals surface area contributed by atoms with Crippen molar-refractivity contribution in [2.45, 2.75) is 0 Å². The van der Waals surface area contributed by atoms with Gasteiger partial charge in [-0.3, -0.25) is 14.9 Å². The number of nitro groups is 1. The van der Waals surface area contributed by atoms with Crippen molar-refractivity contribution in [3.63, 3.8) is 0 Å². The Morgan fingerprint density at radius 2 is 2.19 bits per heavy atom. The Morgan fingerprint density at radius 3 is 2.62 bits per heavy atom. The summed E-state index contributed by atoms with van der Waals surface area (Å²) in [7, 11) is 1.40. The summed E-state index contributed by atoms with van der Waals surface area (Å²) in [6.07, 6.45) is 0. The van der Waals surface area contributed by atoms with E-state index in [0.29, 0.717) is 5.75 Å². The molecule has 0 spiro atoms. The first-order chi connectivity index (χ1) is 7.51. The minimum Gasteiger partial charge on any atom is -0.496 e. The maximum atomic E-state index is 11.5. The Labute approximate surface area is 108 Å². The number of ether oxygens (including phenoxy) is 1. The number of carbonyl (C=O) groups is 1. The molecule has 0 fully saturated rings. The van der Waals surface area contributed by atoms with Gasteiger partial charge in [-0.25, -0.2) is 0 Å². The van der Waals surface area contributed by atoms with Gasteiger partial charge in [0.1, 0.15) is 5.75 Å². The normalized spacial score (nSPS) is 9.94. The van der Waals surface area contributed by atoms with Crippen LogP contribution >= 0.6 is 31.9 Å². The molecule has 0 atom stereocenters. The van der Waals surface area contributed by atoms with Gasteiger partial charge in [0, 0.05) is 12.1 Å². The van der Waals surface area contributed by atoms with Gasteiger partial charge in [-0.05, 0) is 15.9 Å². The third-order valence-corrected chi connectivity index (χ3v) is 3.03. The predicted molar refractivity (Wildman–Crippen MR) is 65.5 cm³/mol. The van der Waals surface area contributed by atoms with E-state index in [1.54, 1.807) is 0 Å². The maximum Gasteiger partial charge on any atom is 0.284 e. The molecule has 0 aromatic heterocycles. The molecule has 0 unspecified atom stereocenters. The SMILES string of the molecule is COc1cc(Br)c([N+](=O)[O-])cc1C(=O)CBr. The van der Waals surface area contributed by atoms with Gasteiger partial charge in [-0.15, -0.1) is 0 Å². The summed E-state index contributed by atoms with van der Waals surface area (Å²) < 4.78 is 5.27. The molecule has 0 saturated heterocycles. The highest BCUT2D eigenvalue weighted by Gasteiger charge is 2.20. The molecule has 86 valence electrons. The zero-order chi connectivity index (χ0) is 12.3. The summed E-state index contributed by atoms with van der Waals surface area (Å²) >= 11 is 6.06. The van der Waals surface area contributed by atoms with Crippen LogP contribution in [-0.4, -0.2) is 23.1 Å². The molecular formula is C9H7Br2NO4. The van der Waals surface area contributed by atoms with Crippen LogP contribution in [0.25, 0.3) is 0 Å². The van der Waals surface area contributed by atoms with Crippen molar-refractivity contribution in [2.24, 2.45) is 0 Å². The van der Waals surface area contributed by atoms with Crippen molar-refractivity contribution >= 4 is 43.3 Å². The summed E-state index contributed by atoms with van der Waals surface area (Å²) in [5.41, 5.74) is 0.0272. The number of rotatable bonds is 4. The zero-order valence-corrected chi connectivity index (χ0v) is 11.4. The van der Waals surface area contributed by atoms with Crippen LogP contribution in [0.15, 0.2) is 16.6 Å². The second-order valence-electron chi connectivity index (χ2n) is 2.82. The molecule has 1 aromatic rings. The third-order valence-electron chi connectivity index (χ3n) is 1.89. The summed E-state index contributed by atoms with van der Waals surface area (Å²) in [6, 6.07) is 2.61. The zero-order valence-electron chi connectivity index (χ0n) is 8.20. The second-order valence-corrected chi connectivity index (χ2v) is 4.23. The number of alkyl halides is 1. The number of carbonyl (C=O) groups excluding carboxylic acids is 1. The van der Waals surface area contributed by atoms with E-state index in [1.807, 2.05) is 0 Å². The fourth-order valence-corrected chi connectivity index (χ4v) is 1.91. The first-order valence-electron chi connectivity index (χ1n) is 4.12. The minimum absolute atomic E-state index is 0.0855. The first kappa shape index (κ1) is 13.1. The average molecular weight is 353 g/mol. The topological polar surface area (TPSA) is 69.4 Å². The molecule has 0 bridgehead atoms. The van der Waals surface area contributed by atoms with Crippen LogP contribution in [0, 0.1) is 10.1 Å². The molecule has 0 aliphatic carbocycles. The number of nitrogens with zero attached hydrogens (tertiary/aromatic N) is 1. The van der Waals surface area contributed by atoms with Crippen LogP contribution in [0.1, 0.15) is 10.4 Å². The van der Waals surface area contributed by atoms with Crippen molar-refractivity contribution < 1.29 is 14.5 Å². The molecule has 0 amide bonds. The number of hydrogen-bond acceptors (Lipinski definition) is 4. The fourth-order valence-electron chi connectivity index (χ4n) is 1.14. The lowest BCUT2D eigenvalue weighted by Crippen LogP contribution is -2.04. The number of ketones is 1. The summed E-state index contributed by atoms with van der Waals surface area (Å²) in [5, 5.41) is 10.8. The number of nitro benzene ring substituents is 1. The van der Waals surface area contributed by atoms with Crippen LogP contribution in [0.2, 0.25) is 0 Å². The number of methoxy groups -OCH3 is 1. The van der Waals surface area contributed by atoms with Crippen LogP contribution in [-0.2, 0) is 0 Å². The largest absolute Gasteiger partial charge is 0.496 e. The fraction of sp³-hybridized carbons (Fsp3) is 0.222. The Morgan fingerprint density at radius 1 is 1.56 bits per heavy atom. The van der Waals surface area contributed by atoms with Crippen molar-refractivity contribution in [3.8, 4) is 5.75 Å². The van der Waals surface area contributed by atoms with E-state index in [1.165, 1.54) is 19.2 Å². The number of hydrogen-bond donors (Lipinski definition) is 0. The van der Waals surface area contributed by atoms with E-state index in [-0.39, 0.29) is 26.8 Å². The third kappa shape index (κ3) is 2.59. The Kier molecular flexibility index (Phi) is 4.43. The van der Waals surface area contributed by atoms with Crippen molar-refractivity contribution in [2.75, 3.05) is 12.4 Å². The highest BCUT2D eigenvalue weighted by atomic mass is 79.9. The van der Waals surface area contributed by atoms with Gasteiger partial charge in [-0.1, -0.05) is 15.9 Å². The standard InChI is InChI=1S/C9H7Br2NO4/c1-16-9-3-6(11)7(12(14)15)2-5(9)8(13)4-10/h2-3H,4H2,1H3. The number of halogens is 2. The highest BCUT2D eigenvalue weighted by Crippen LogP contribution is 2.32. The van der Waals surface area contributed by atoms with Crippen molar-refractivity contribution in [1.29, 1.82) is 0 Å². The van der Waals surface area contributed by atoms with E-state index in [4.69, 9.17) is 4.74 Å². The lowest BCUT2D eigenvalue weighted by molar-refractivity contribution is -0.385. The lowest BCUT2D eigenvalue weighted by Gasteiger charge is -2.07. The minimum atomic E-state index is -0.561. The molecule has 0 radical (unpaired) electrons. The van der Waals surface area contributed by atoms with E-state index in [0.717, 1.165) is 0 Å². The summed E-state index contributed by atoms with van der Waals surface area (Å²) in [6.45, 7) is 0. The smallest absolute Gasteiger partial charge is 0.284 e. The van der Waals surface area contributed by atoms with Gasteiger partial charge in [0.15, 0.2) is 5.78 Å². The molecule has 0 aliphatic rings. The van der Waals surface area contributed by atoms with Crippen molar-refractivity contribution in [1.82, 2.24) is 0 Å². The van der Waals surface area contributed by atoms with Crippen LogP contribution < -0.4 is 4.74 Å². The molecule has 7 heteroatoms. The highest BCUT2D eigenvalue weighted by molar-refractivity contribution is 9.10. The quantitative estimate of drug-likeness (QED) is 0.361. The van der Waals surface area contributed by atoms with Gasteiger partial charge in [-0.2, -0.15) is 0 Å². The first-order valence-corrected chi connectivity index (χ1v) is 6.03. The summed E-state index contributed by atoms with van der Waals surface area (Å²) in [5.74, 6) is 0.0365. The van der Waals surface area contributed by atoms with E-state index >= 15 is 0 Å². The molecule has 0 heterocycles. The van der Waals surface area contributed by atoms with E-state index < -0.39 is 4.92 Å². The summed E-state index contributed by atoms with van der Waals surface area (Å²) in [4.78, 5) is 21.6. The van der Waals surface area contributed by atoms with Gasteiger partial charge >= 0.3 is 0 Å². The molecule has 16 heavy (non-hydrogen) atoms. The molecule has 0 saturated carbocycles. The predicted octanol–water partition coefficient (Wildman–Crippen LogP) is 2.94. The van der Waals surface area contributed by atoms with Crippen LogP contribution in [0.3, 0.4) is 0 Å². The lowest BCUT2D eigenvalue weighted by atomic mass is 10.1. The monoisotopic (exact) mass is 351 g/mol. The molecule has 1 aromatic carbocycles. The van der Waals surface area contributed by atoms with Crippen LogP contribution in [0.5, 0.6) is 5.75 Å². The van der Waals surface area contributed by atoms with Crippen LogP contribution in [0.4, 0.5) is 5.69 Å². The van der Waals surface area contributed by atoms with E-state index in [9.17, 15) is 14.9 Å². The molecule has 1 rings (SSSR count). The molecule has 0 aliphatic heterocycles. The van der Waals surface area contributed by atoms with Gasteiger partial charge < -0.3 is 4.74 Å². The Bertz CT molecular complexity index is 447. The van der Waals surface area contributed by atoms with Gasteiger partial charge in [0.2, 0.25) is 0 Å². The second kappa shape index (κ2) is 5.40. The van der Waals surface area contributed by atoms with E-state index in [2.05, 4.69) is 31.9 Å². The van der Waals surface area contributed by atoms with Gasteiger partial charge in [0.05, 0.1) is 27.4 Å². The Hall–Kier alpha value is -0.950. The average Bonchev–Trinajstić information content (AvgIpc) is 2.27. The number of benzene rings is 1. The number of Topliss-reactive ketones (excluding diaryl/α,β-unsaturated/α-hetero) is 1. The van der Waals surface area contributed by atoms with Gasteiger partial charge in [0.25, 0.3) is 5.69 Å². The Balaban J connectivity index is 3.40. The molecule has 0 N–H and O–H groups in total.